The third-order valence-corrected chi connectivity index (χ3v) is 3.12. The summed E-state index contributed by atoms with van der Waals surface area (Å²) < 4.78 is 11.3. The van der Waals surface area contributed by atoms with Crippen molar-refractivity contribution in [2.75, 3.05) is 18.6 Å². The van der Waals surface area contributed by atoms with Gasteiger partial charge in [-0.3, -0.25) is 4.21 Å². The number of carbonyl (C=O) groups excluding carboxylic acids is 1. The van der Waals surface area contributed by atoms with Crippen LogP contribution in [0, 0.1) is 0 Å². The van der Waals surface area contributed by atoms with Gasteiger partial charge in [-0.15, -0.1) is 6.58 Å². The van der Waals surface area contributed by atoms with Crippen LogP contribution in [0.2, 0.25) is 0 Å². The average molecular weight is 266 g/mol. The Morgan fingerprint density at radius 2 is 2.11 bits per heavy atom. The van der Waals surface area contributed by atoms with Gasteiger partial charge in [-0.25, -0.2) is 4.79 Å². The van der Waals surface area contributed by atoms with Gasteiger partial charge in [-0.05, 0) is 5.56 Å². The molecule has 1 rings (SSSR count). The topological polar surface area (TPSA) is 58.2 Å². The smallest absolute Gasteiger partial charge is 0.315 e. The molecule has 0 radical (unpaired) electrons. The van der Waals surface area contributed by atoms with E-state index < -0.39 is 10.8 Å². The molecule has 1 aromatic carbocycles. The van der Waals surface area contributed by atoms with Crippen LogP contribution in [-0.2, 0) is 10.8 Å². The molecule has 0 fully saturated rings. The second-order valence-corrected chi connectivity index (χ2v) is 5.33. The lowest BCUT2D eigenvalue weighted by Crippen LogP contribution is -2.39. The number of amides is 2. The molecule has 0 aromatic heterocycles. The lowest BCUT2D eigenvalue weighted by atomic mass is 10.1. The number of urea groups is 1. The Labute approximate surface area is 110 Å². The highest BCUT2D eigenvalue weighted by molar-refractivity contribution is 7.84. The lowest BCUT2D eigenvalue weighted by molar-refractivity contribution is 0.239. The van der Waals surface area contributed by atoms with E-state index in [1.165, 1.54) is 0 Å². The summed E-state index contributed by atoms with van der Waals surface area (Å²) in [5.41, 5.74) is 0.946. The SMILES string of the molecule is C=CCNC(=O)NC(CS(C)=O)c1ccccc1. The van der Waals surface area contributed by atoms with Gasteiger partial charge in [0.1, 0.15) is 0 Å². The largest absolute Gasteiger partial charge is 0.335 e. The van der Waals surface area contributed by atoms with Crippen molar-refractivity contribution in [3.8, 4) is 0 Å². The second-order valence-electron chi connectivity index (χ2n) is 3.85. The van der Waals surface area contributed by atoms with Gasteiger partial charge in [0.05, 0.1) is 6.04 Å². The molecule has 0 heterocycles. The molecular formula is C13H18N2O2S. The van der Waals surface area contributed by atoms with Crippen molar-refractivity contribution in [3.05, 3.63) is 48.6 Å². The van der Waals surface area contributed by atoms with E-state index in [4.69, 9.17) is 0 Å². The maximum Gasteiger partial charge on any atom is 0.315 e. The molecule has 0 aliphatic rings. The number of rotatable bonds is 6. The molecule has 0 saturated heterocycles. The fourth-order valence-corrected chi connectivity index (χ4v) is 2.26. The van der Waals surface area contributed by atoms with Crippen LogP contribution in [0.25, 0.3) is 0 Å². The number of carbonyl (C=O) groups is 1. The van der Waals surface area contributed by atoms with Crippen LogP contribution in [0.4, 0.5) is 4.79 Å². The first kappa shape index (κ1) is 14.4. The zero-order valence-electron chi connectivity index (χ0n) is 10.4. The Kier molecular flexibility index (Phi) is 6.14. The van der Waals surface area contributed by atoms with E-state index in [-0.39, 0.29) is 12.1 Å². The lowest BCUT2D eigenvalue weighted by Gasteiger charge is -2.18. The summed E-state index contributed by atoms with van der Waals surface area (Å²) in [5.74, 6) is 0.394. The van der Waals surface area contributed by atoms with Crippen LogP contribution >= 0.6 is 0 Å². The van der Waals surface area contributed by atoms with Gasteiger partial charge < -0.3 is 10.6 Å². The molecule has 5 heteroatoms. The molecule has 0 aliphatic heterocycles. The summed E-state index contributed by atoms with van der Waals surface area (Å²) in [6.45, 7) is 3.93. The molecule has 0 saturated carbocycles. The quantitative estimate of drug-likeness (QED) is 0.768. The molecule has 2 amide bonds. The minimum atomic E-state index is -0.981. The highest BCUT2D eigenvalue weighted by atomic mass is 32.2. The van der Waals surface area contributed by atoms with Crippen LogP contribution < -0.4 is 10.6 Å². The van der Waals surface area contributed by atoms with Crippen molar-refractivity contribution >= 4 is 16.8 Å². The van der Waals surface area contributed by atoms with Gasteiger partial charge in [0, 0.05) is 29.4 Å². The highest BCUT2D eigenvalue weighted by Gasteiger charge is 2.15. The van der Waals surface area contributed by atoms with E-state index in [1.54, 1.807) is 12.3 Å². The first-order valence-corrected chi connectivity index (χ1v) is 7.36. The van der Waals surface area contributed by atoms with Crippen LogP contribution in [0.1, 0.15) is 11.6 Å². The zero-order valence-corrected chi connectivity index (χ0v) is 11.2. The molecule has 1 aromatic rings. The van der Waals surface area contributed by atoms with E-state index in [9.17, 15) is 9.00 Å². The highest BCUT2D eigenvalue weighted by Crippen LogP contribution is 2.13. The normalized spacial score (nSPS) is 13.4. The summed E-state index contributed by atoms with van der Waals surface area (Å²) in [5, 5.41) is 5.45. The van der Waals surface area contributed by atoms with Crippen LogP contribution in [0.3, 0.4) is 0 Å². The van der Waals surface area contributed by atoms with E-state index in [0.717, 1.165) is 5.56 Å². The molecular weight excluding hydrogens is 248 g/mol. The Morgan fingerprint density at radius 1 is 1.44 bits per heavy atom. The van der Waals surface area contributed by atoms with Gasteiger partial charge in [0.25, 0.3) is 0 Å². The van der Waals surface area contributed by atoms with Crippen LogP contribution in [0.5, 0.6) is 0 Å². The molecule has 0 aliphatic carbocycles. The van der Waals surface area contributed by atoms with Crippen LogP contribution in [0.15, 0.2) is 43.0 Å². The van der Waals surface area contributed by atoms with Crippen molar-refractivity contribution in [1.82, 2.24) is 10.6 Å². The second kappa shape index (κ2) is 7.66. The number of hydrogen-bond donors (Lipinski definition) is 2. The summed E-state index contributed by atoms with van der Waals surface area (Å²) in [7, 11) is -0.981. The Balaban J connectivity index is 2.70. The molecule has 0 spiro atoms. The molecule has 2 atom stereocenters. The third kappa shape index (κ3) is 5.14. The monoisotopic (exact) mass is 266 g/mol. The minimum Gasteiger partial charge on any atom is -0.335 e. The van der Waals surface area contributed by atoms with E-state index in [1.807, 2.05) is 30.3 Å². The molecule has 0 bridgehead atoms. The van der Waals surface area contributed by atoms with Crippen LogP contribution in [-0.4, -0.2) is 28.8 Å². The standard InChI is InChI=1S/C13H18N2O2S/c1-3-9-14-13(16)15-12(10-18(2)17)11-7-5-4-6-8-11/h3-8,12H,1,9-10H2,2H3,(H2,14,15,16). The van der Waals surface area contributed by atoms with Gasteiger partial charge in [0.15, 0.2) is 0 Å². The molecule has 98 valence electrons. The maximum absolute atomic E-state index is 11.6. The molecule has 4 nitrogen and oxygen atoms in total. The Bertz CT molecular complexity index is 420. The number of hydrogen-bond acceptors (Lipinski definition) is 2. The van der Waals surface area contributed by atoms with E-state index in [0.29, 0.717) is 12.3 Å². The summed E-state index contributed by atoms with van der Waals surface area (Å²) in [4.78, 5) is 11.6. The maximum atomic E-state index is 11.6. The molecule has 2 N–H and O–H groups in total. The summed E-state index contributed by atoms with van der Waals surface area (Å²) in [6.07, 6.45) is 3.23. The number of nitrogens with one attached hydrogen (secondary N) is 2. The number of benzene rings is 1. The average Bonchev–Trinajstić information content (AvgIpc) is 2.36. The van der Waals surface area contributed by atoms with Crippen molar-refractivity contribution < 1.29 is 9.00 Å². The third-order valence-electron chi connectivity index (χ3n) is 2.32. The van der Waals surface area contributed by atoms with Crippen molar-refractivity contribution in [1.29, 1.82) is 0 Å². The zero-order chi connectivity index (χ0) is 13.4. The van der Waals surface area contributed by atoms with E-state index >= 15 is 0 Å². The summed E-state index contributed by atoms with van der Waals surface area (Å²) >= 11 is 0. The van der Waals surface area contributed by atoms with Crippen molar-refractivity contribution in [2.45, 2.75) is 6.04 Å². The first-order valence-electron chi connectivity index (χ1n) is 5.63. The van der Waals surface area contributed by atoms with Crippen molar-refractivity contribution in [2.24, 2.45) is 0 Å². The van der Waals surface area contributed by atoms with Crippen molar-refractivity contribution in [3.63, 3.8) is 0 Å². The predicted molar refractivity (Wildman–Crippen MR) is 74.8 cm³/mol. The Morgan fingerprint density at radius 3 is 2.67 bits per heavy atom. The van der Waals surface area contributed by atoms with Gasteiger partial charge in [-0.2, -0.15) is 0 Å². The Hall–Kier alpha value is -1.62. The molecule has 2 unspecified atom stereocenters. The van der Waals surface area contributed by atoms with Gasteiger partial charge in [0.2, 0.25) is 0 Å². The van der Waals surface area contributed by atoms with Gasteiger partial charge >= 0.3 is 6.03 Å². The van der Waals surface area contributed by atoms with E-state index in [2.05, 4.69) is 17.2 Å². The predicted octanol–water partition coefficient (Wildman–Crippen LogP) is 1.59. The molecule has 18 heavy (non-hydrogen) atoms. The van der Waals surface area contributed by atoms with Gasteiger partial charge in [-0.1, -0.05) is 36.4 Å². The summed E-state index contributed by atoms with van der Waals surface area (Å²) in [6, 6.07) is 8.97. The minimum absolute atomic E-state index is 0.248. The fourth-order valence-electron chi connectivity index (χ4n) is 1.52. The fraction of sp³-hybridized carbons (Fsp3) is 0.308. The first-order chi connectivity index (χ1) is 8.63.